The van der Waals surface area contributed by atoms with Gasteiger partial charge in [0.25, 0.3) is 0 Å². The molecule has 2 rings (SSSR count). The molecule has 0 atom stereocenters. The highest BCUT2D eigenvalue weighted by atomic mass is 35.5. The second-order valence-electron chi connectivity index (χ2n) is 4.83. The highest BCUT2D eigenvalue weighted by Gasteiger charge is 2.04. The van der Waals surface area contributed by atoms with Crippen LogP contribution in [0.25, 0.3) is 10.8 Å². The average Bonchev–Trinajstić information content (AvgIpc) is 2.32. The molecule has 2 heterocycles. The summed E-state index contributed by atoms with van der Waals surface area (Å²) < 4.78 is 3.68. The lowest BCUT2D eigenvalue weighted by molar-refractivity contribution is 0.737. The quantitative estimate of drug-likeness (QED) is 0.477. The predicted molar refractivity (Wildman–Crippen MR) is 86.4 cm³/mol. The molecule has 5 heteroatoms. The largest absolute Gasteiger partial charge is 0.260 e. The van der Waals surface area contributed by atoms with Crippen molar-refractivity contribution in [2.45, 2.75) is 27.7 Å². The summed E-state index contributed by atoms with van der Waals surface area (Å²) in [4.78, 5) is 8.28. The normalized spacial score (nSPS) is 10.9. The summed E-state index contributed by atoms with van der Waals surface area (Å²) in [5.41, 5.74) is 1.81. The third-order valence-corrected chi connectivity index (χ3v) is 2.49. The zero-order chi connectivity index (χ0) is 14.4. The molecule has 0 saturated carbocycles. The van der Waals surface area contributed by atoms with Crippen molar-refractivity contribution in [2.24, 2.45) is 10.3 Å². The lowest BCUT2D eigenvalue weighted by Gasteiger charge is -2.04. The number of aryl methyl sites for hydroxylation is 1. The molecule has 0 saturated heterocycles. The molecule has 0 N–H and O–H groups in total. The van der Waals surface area contributed by atoms with Crippen molar-refractivity contribution in [2.75, 3.05) is 0 Å². The first-order valence-electron chi connectivity index (χ1n) is 6.04. The Kier molecular flexibility index (Phi) is 6.25. The van der Waals surface area contributed by atoms with E-state index in [9.17, 15) is 0 Å². The van der Waals surface area contributed by atoms with Gasteiger partial charge in [-0.25, -0.2) is 9.38 Å². The van der Waals surface area contributed by atoms with E-state index in [1.807, 2.05) is 6.92 Å². The maximum absolute atomic E-state index is 5.85. The van der Waals surface area contributed by atoms with Crippen molar-refractivity contribution >= 4 is 41.4 Å². The van der Waals surface area contributed by atoms with Crippen LogP contribution in [-0.4, -0.2) is 16.2 Å². The van der Waals surface area contributed by atoms with Gasteiger partial charge >= 0.3 is 0 Å². The molecule has 102 valence electrons. The van der Waals surface area contributed by atoms with Crippen molar-refractivity contribution < 1.29 is 0 Å². The van der Waals surface area contributed by atoms with Crippen LogP contribution < -0.4 is 0 Å². The molecule has 0 unspecified atom stereocenters. The molecule has 0 aliphatic heterocycles. The molecule has 3 nitrogen and oxygen atoms in total. The molecule has 0 aliphatic rings. The Labute approximate surface area is 124 Å². The van der Waals surface area contributed by atoms with E-state index >= 15 is 0 Å². The molecule has 0 radical (unpaired) electrons. The van der Waals surface area contributed by atoms with Crippen molar-refractivity contribution in [3.63, 3.8) is 0 Å². The van der Waals surface area contributed by atoms with Crippen LogP contribution >= 0.6 is 24.4 Å². The third-order valence-electron chi connectivity index (χ3n) is 2.17. The first kappa shape index (κ1) is 15.9. The van der Waals surface area contributed by atoms with E-state index < -0.39 is 0 Å². The van der Waals surface area contributed by atoms with Crippen LogP contribution in [0.1, 0.15) is 32.0 Å². The first-order chi connectivity index (χ1) is 8.95. The molecule has 0 amide bonds. The molecule has 2 aromatic rings. The van der Waals surface area contributed by atoms with E-state index in [2.05, 4.69) is 48.0 Å². The summed E-state index contributed by atoms with van der Waals surface area (Å²) in [7, 11) is 0. The topological polar surface area (TPSA) is 38.1 Å². The minimum absolute atomic E-state index is 0.460. The van der Waals surface area contributed by atoms with E-state index in [-0.39, 0.29) is 0 Å². The van der Waals surface area contributed by atoms with E-state index in [1.54, 1.807) is 24.7 Å². The molecule has 0 spiro atoms. The molecule has 0 aliphatic carbocycles. The minimum Gasteiger partial charge on any atom is -0.260 e. The monoisotopic (exact) mass is 295 g/mol. The van der Waals surface area contributed by atoms with Gasteiger partial charge in [0.15, 0.2) is 0 Å². The van der Waals surface area contributed by atoms with Gasteiger partial charge in [0.05, 0.1) is 0 Å². The van der Waals surface area contributed by atoms with Crippen LogP contribution in [0.5, 0.6) is 0 Å². The number of thiol groups is 1. The first-order valence-corrected chi connectivity index (χ1v) is 6.81. The number of hydrogen-bond acceptors (Lipinski definition) is 4. The number of fused-ring (bicyclic) bond motifs is 1. The number of halogens is 1. The van der Waals surface area contributed by atoms with Gasteiger partial charge in [0.2, 0.25) is 0 Å². The fourth-order valence-corrected chi connectivity index (χ4v) is 1.71. The summed E-state index contributed by atoms with van der Waals surface area (Å²) >= 11 is 9.65. The second-order valence-corrected chi connectivity index (χ2v) is 5.45. The maximum atomic E-state index is 5.85. The van der Waals surface area contributed by atoms with Crippen LogP contribution in [-0.2, 0) is 0 Å². The van der Waals surface area contributed by atoms with E-state index in [1.165, 1.54) is 0 Å². The zero-order valence-electron chi connectivity index (χ0n) is 11.6. The Morgan fingerprint density at radius 2 is 1.84 bits per heavy atom. The van der Waals surface area contributed by atoms with E-state index in [0.717, 1.165) is 27.9 Å². The van der Waals surface area contributed by atoms with Crippen LogP contribution in [0, 0.1) is 12.8 Å². The fourth-order valence-electron chi connectivity index (χ4n) is 1.43. The SMILES string of the molecule is CC(C)C.Cc1ncc(/C=N/S)c2cc(Cl)ncc12. The number of nitrogens with zero attached hydrogens (tertiary/aromatic N) is 3. The summed E-state index contributed by atoms with van der Waals surface area (Å²) in [6.45, 7) is 8.43. The van der Waals surface area contributed by atoms with Gasteiger partial charge in [0, 0.05) is 35.3 Å². The third kappa shape index (κ3) is 4.80. The molecule has 0 aromatic carbocycles. The summed E-state index contributed by atoms with van der Waals surface area (Å²) in [5.74, 6) is 0.833. The van der Waals surface area contributed by atoms with Crippen LogP contribution in [0.2, 0.25) is 5.15 Å². The fraction of sp³-hybridized carbons (Fsp3) is 0.357. The number of hydrogen-bond donors (Lipinski definition) is 1. The maximum Gasteiger partial charge on any atom is 0.129 e. The highest BCUT2D eigenvalue weighted by Crippen LogP contribution is 2.21. The minimum atomic E-state index is 0.460. The summed E-state index contributed by atoms with van der Waals surface area (Å²) in [5, 5.41) is 2.42. The van der Waals surface area contributed by atoms with Gasteiger partial charge in [0.1, 0.15) is 5.15 Å². The Hall–Kier alpha value is -1.13. The number of rotatable bonds is 1. The van der Waals surface area contributed by atoms with E-state index in [0.29, 0.717) is 5.15 Å². The molecule has 0 fully saturated rings. The van der Waals surface area contributed by atoms with E-state index in [4.69, 9.17) is 11.6 Å². The second kappa shape index (κ2) is 7.46. The van der Waals surface area contributed by atoms with Gasteiger partial charge in [-0.05, 0) is 37.1 Å². The van der Waals surface area contributed by atoms with Gasteiger partial charge < -0.3 is 0 Å². The zero-order valence-corrected chi connectivity index (χ0v) is 13.2. The van der Waals surface area contributed by atoms with Crippen molar-refractivity contribution in [1.82, 2.24) is 9.97 Å². The van der Waals surface area contributed by atoms with Crippen molar-refractivity contribution in [3.05, 3.63) is 34.9 Å². The summed E-state index contributed by atoms with van der Waals surface area (Å²) in [6.07, 6.45) is 5.10. The standard InChI is InChI=1S/C10H8ClN3S.C4H10/c1-6-9-5-13-10(11)2-8(9)7(3-12-6)4-14-15;1-4(2)3/h2-5,15H,1H3;4H,1-3H3/b14-4+;. The molecular weight excluding hydrogens is 278 g/mol. The van der Waals surface area contributed by atoms with Crippen LogP contribution in [0.3, 0.4) is 0 Å². The Morgan fingerprint density at radius 3 is 2.42 bits per heavy atom. The number of aromatic nitrogens is 2. The van der Waals surface area contributed by atoms with Crippen LogP contribution in [0.15, 0.2) is 22.9 Å². The molecule has 19 heavy (non-hydrogen) atoms. The van der Waals surface area contributed by atoms with Gasteiger partial charge in [-0.15, -0.1) is 0 Å². The van der Waals surface area contributed by atoms with Gasteiger partial charge in [-0.3, -0.25) is 4.98 Å². The lowest BCUT2D eigenvalue weighted by atomic mass is 10.1. The molecular formula is C14H18ClN3S. The highest BCUT2D eigenvalue weighted by molar-refractivity contribution is 7.79. The van der Waals surface area contributed by atoms with Crippen LogP contribution in [0.4, 0.5) is 0 Å². The average molecular weight is 296 g/mol. The molecule has 0 bridgehead atoms. The smallest absolute Gasteiger partial charge is 0.129 e. The van der Waals surface area contributed by atoms with Crippen molar-refractivity contribution in [3.8, 4) is 0 Å². The molecule has 2 aromatic heterocycles. The Bertz CT molecular complexity index is 579. The van der Waals surface area contributed by atoms with Crippen molar-refractivity contribution in [1.29, 1.82) is 0 Å². The number of pyridine rings is 2. The Morgan fingerprint density at radius 1 is 1.21 bits per heavy atom. The Balaban J connectivity index is 0.000000399. The lowest BCUT2D eigenvalue weighted by Crippen LogP contribution is -1.91. The van der Waals surface area contributed by atoms with Gasteiger partial charge in [-0.2, -0.15) is 0 Å². The predicted octanol–water partition coefficient (Wildman–Crippen LogP) is 4.52. The summed E-state index contributed by atoms with van der Waals surface area (Å²) in [6, 6.07) is 1.80. The van der Waals surface area contributed by atoms with Gasteiger partial charge in [-0.1, -0.05) is 32.4 Å².